The summed E-state index contributed by atoms with van der Waals surface area (Å²) in [5, 5.41) is 11.8. The second kappa shape index (κ2) is 7.85. The van der Waals surface area contributed by atoms with E-state index >= 15 is 0 Å². The van der Waals surface area contributed by atoms with E-state index in [0.29, 0.717) is 29.9 Å². The zero-order valence-electron chi connectivity index (χ0n) is 14.3. The normalized spacial score (nSPS) is 12.4. The molecule has 1 rings (SSSR count). The number of hydrogen-bond donors (Lipinski definition) is 2. The highest BCUT2D eigenvalue weighted by molar-refractivity contribution is 5.91. The second-order valence-electron chi connectivity index (χ2n) is 5.85. The first-order chi connectivity index (χ1) is 10.8. The number of aliphatic carboxylic acids is 1. The van der Waals surface area contributed by atoms with Crippen LogP contribution < -0.4 is 14.8 Å². The van der Waals surface area contributed by atoms with Crippen molar-refractivity contribution in [3.8, 4) is 11.5 Å². The van der Waals surface area contributed by atoms with E-state index in [-0.39, 0.29) is 5.91 Å². The van der Waals surface area contributed by atoms with Crippen LogP contribution in [0.3, 0.4) is 0 Å². The molecule has 0 saturated carbocycles. The lowest BCUT2D eigenvalue weighted by molar-refractivity contribution is -0.142. The molecule has 0 aliphatic carbocycles. The van der Waals surface area contributed by atoms with Crippen LogP contribution in [0.1, 0.15) is 39.2 Å². The smallest absolute Gasteiger partial charge is 0.326 e. The van der Waals surface area contributed by atoms with Crippen LogP contribution >= 0.6 is 0 Å². The highest BCUT2D eigenvalue weighted by atomic mass is 16.5. The van der Waals surface area contributed by atoms with E-state index in [1.807, 2.05) is 6.92 Å². The highest BCUT2D eigenvalue weighted by Crippen LogP contribution is 2.33. The molecular formula is C17H25NO5. The first-order valence-corrected chi connectivity index (χ1v) is 7.54. The average molecular weight is 323 g/mol. The van der Waals surface area contributed by atoms with E-state index in [0.717, 1.165) is 0 Å². The van der Waals surface area contributed by atoms with Crippen molar-refractivity contribution in [3.05, 3.63) is 23.8 Å². The van der Waals surface area contributed by atoms with E-state index < -0.39 is 17.4 Å². The van der Waals surface area contributed by atoms with Crippen molar-refractivity contribution in [2.24, 2.45) is 0 Å². The van der Waals surface area contributed by atoms with E-state index in [4.69, 9.17) is 9.47 Å². The molecule has 23 heavy (non-hydrogen) atoms. The molecule has 0 bridgehead atoms. The molecule has 0 aliphatic heterocycles. The molecule has 1 amide bonds. The third kappa shape index (κ3) is 4.37. The van der Waals surface area contributed by atoms with Crippen molar-refractivity contribution in [3.63, 3.8) is 0 Å². The Morgan fingerprint density at radius 1 is 1.22 bits per heavy atom. The molecule has 1 unspecified atom stereocenters. The fraction of sp³-hybridized carbons (Fsp3) is 0.529. The van der Waals surface area contributed by atoms with Gasteiger partial charge in [-0.05, 0) is 38.0 Å². The summed E-state index contributed by atoms with van der Waals surface area (Å²) in [4.78, 5) is 23.8. The Bertz CT molecular complexity index is 568. The number of carbonyl (C=O) groups excluding carboxylic acids is 1. The highest BCUT2D eigenvalue weighted by Gasteiger charge is 2.33. The van der Waals surface area contributed by atoms with Gasteiger partial charge in [-0.3, -0.25) is 4.79 Å². The van der Waals surface area contributed by atoms with Crippen molar-refractivity contribution in [2.45, 2.75) is 45.1 Å². The number of amides is 1. The van der Waals surface area contributed by atoms with Gasteiger partial charge in [0.15, 0.2) is 11.5 Å². The molecule has 1 atom stereocenters. The van der Waals surface area contributed by atoms with E-state index in [9.17, 15) is 14.7 Å². The van der Waals surface area contributed by atoms with Crippen molar-refractivity contribution in [1.82, 2.24) is 5.32 Å². The van der Waals surface area contributed by atoms with Gasteiger partial charge in [0, 0.05) is 0 Å². The first-order valence-electron chi connectivity index (χ1n) is 7.54. The number of carboxylic acids is 1. The fourth-order valence-corrected chi connectivity index (χ4v) is 2.24. The second-order valence-corrected chi connectivity index (χ2v) is 5.85. The van der Waals surface area contributed by atoms with Crippen LogP contribution in [0.4, 0.5) is 0 Å². The Morgan fingerprint density at radius 2 is 1.83 bits per heavy atom. The minimum atomic E-state index is -1.02. The van der Waals surface area contributed by atoms with Crippen LogP contribution in [-0.4, -0.2) is 37.2 Å². The predicted molar refractivity (Wildman–Crippen MR) is 87.0 cm³/mol. The van der Waals surface area contributed by atoms with Gasteiger partial charge >= 0.3 is 5.97 Å². The minimum absolute atomic E-state index is 0.342. The topological polar surface area (TPSA) is 84.9 Å². The molecule has 6 nitrogen and oxygen atoms in total. The van der Waals surface area contributed by atoms with Gasteiger partial charge in [-0.1, -0.05) is 19.4 Å². The van der Waals surface area contributed by atoms with Gasteiger partial charge in [-0.15, -0.1) is 0 Å². The van der Waals surface area contributed by atoms with E-state index in [2.05, 4.69) is 5.32 Å². The summed E-state index contributed by atoms with van der Waals surface area (Å²) in [6.07, 6.45) is 1.07. The maximum Gasteiger partial charge on any atom is 0.326 e. The van der Waals surface area contributed by atoms with Gasteiger partial charge in [0.25, 0.3) is 0 Å². The summed E-state index contributed by atoms with van der Waals surface area (Å²) < 4.78 is 10.4. The average Bonchev–Trinajstić information content (AvgIpc) is 2.53. The van der Waals surface area contributed by atoms with Gasteiger partial charge in [0.2, 0.25) is 5.91 Å². The van der Waals surface area contributed by atoms with Crippen molar-refractivity contribution in [1.29, 1.82) is 0 Å². The van der Waals surface area contributed by atoms with Gasteiger partial charge < -0.3 is 19.9 Å². The third-order valence-corrected chi connectivity index (χ3v) is 3.85. The fourth-order valence-electron chi connectivity index (χ4n) is 2.24. The van der Waals surface area contributed by atoms with Crippen LogP contribution in [0.5, 0.6) is 11.5 Å². The Kier molecular flexibility index (Phi) is 6.42. The molecule has 0 radical (unpaired) electrons. The number of carboxylic acid groups (broad SMARTS) is 1. The Morgan fingerprint density at radius 3 is 2.30 bits per heavy atom. The number of nitrogens with one attached hydrogen (secondary N) is 1. The van der Waals surface area contributed by atoms with E-state index in [1.54, 1.807) is 32.0 Å². The monoisotopic (exact) mass is 323 g/mol. The molecule has 6 heteroatoms. The molecule has 0 spiro atoms. The number of benzene rings is 1. The van der Waals surface area contributed by atoms with Crippen molar-refractivity contribution < 1.29 is 24.2 Å². The minimum Gasteiger partial charge on any atom is -0.493 e. The summed E-state index contributed by atoms with van der Waals surface area (Å²) in [6, 6.07) is 4.35. The number of carbonyl (C=O) groups is 2. The molecule has 2 N–H and O–H groups in total. The molecule has 1 aromatic carbocycles. The first kappa shape index (κ1) is 18.8. The van der Waals surface area contributed by atoms with Gasteiger partial charge in [-0.2, -0.15) is 0 Å². The lowest BCUT2D eigenvalue weighted by atomic mass is 9.83. The van der Waals surface area contributed by atoms with Crippen LogP contribution in [0.2, 0.25) is 0 Å². The Hall–Kier alpha value is -2.24. The Labute approximate surface area is 136 Å². The maximum atomic E-state index is 12.6. The van der Waals surface area contributed by atoms with Crippen LogP contribution in [0.15, 0.2) is 18.2 Å². The molecule has 0 heterocycles. The zero-order chi connectivity index (χ0) is 17.6. The number of hydrogen-bond acceptors (Lipinski definition) is 4. The summed E-state index contributed by atoms with van der Waals surface area (Å²) in [6.45, 7) is 5.37. The number of methoxy groups -OCH3 is 2. The predicted octanol–water partition coefficient (Wildman–Crippen LogP) is 2.35. The summed E-state index contributed by atoms with van der Waals surface area (Å²) in [7, 11) is 3.06. The van der Waals surface area contributed by atoms with Gasteiger partial charge in [0.1, 0.15) is 6.04 Å². The van der Waals surface area contributed by atoms with E-state index in [1.165, 1.54) is 14.2 Å². The van der Waals surface area contributed by atoms with Crippen LogP contribution in [0, 0.1) is 0 Å². The number of rotatable bonds is 8. The largest absolute Gasteiger partial charge is 0.493 e. The molecule has 0 aliphatic rings. The van der Waals surface area contributed by atoms with Crippen molar-refractivity contribution >= 4 is 11.9 Å². The zero-order valence-corrected chi connectivity index (χ0v) is 14.3. The lowest BCUT2D eigenvalue weighted by Gasteiger charge is -2.27. The molecule has 0 fully saturated rings. The summed E-state index contributed by atoms with van der Waals surface area (Å²) in [5.41, 5.74) is -0.186. The molecular weight excluding hydrogens is 298 g/mol. The maximum absolute atomic E-state index is 12.6. The molecule has 0 saturated heterocycles. The molecule has 1 aromatic rings. The number of ether oxygens (including phenoxy) is 2. The standard InChI is InChI=1S/C17H25NO5/c1-6-7-12(15(19)20)18-16(21)17(2,3)11-8-9-13(22-4)14(10-11)23-5/h8-10,12H,6-7H2,1-5H3,(H,18,21)(H,19,20). The van der Waals surface area contributed by atoms with Crippen molar-refractivity contribution in [2.75, 3.05) is 14.2 Å². The Balaban J connectivity index is 3.05. The SMILES string of the molecule is CCCC(NC(=O)C(C)(C)c1ccc(OC)c(OC)c1)C(=O)O. The summed E-state index contributed by atoms with van der Waals surface area (Å²) >= 11 is 0. The van der Waals surface area contributed by atoms with Gasteiger partial charge in [0.05, 0.1) is 19.6 Å². The third-order valence-electron chi connectivity index (χ3n) is 3.85. The van der Waals surface area contributed by atoms with Crippen LogP contribution in [-0.2, 0) is 15.0 Å². The quantitative estimate of drug-likeness (QED) is 0.767. The summed E-state index contributed by atoms with van der Waals surface area (Å²) in [5.74, 6) is -0.273. The van der Waals surface area contributed by atoms with Gasteiger partial charge in [-0.25, -0.2) is 4.79 Å². The van der Waals surface area contributed by atoms with Crippen LogP contribution in [0.25, 0.3) is 0 Å². The molecule has 128 valence electrons. The molecule has 0 aromatic heterocycles. The lowest BCUT2D eigenvalue weighted by Crippen LogP contribution is -2.48.